The number of imide groups is 1. The predicted octanol–water partition coefficient (Wildman–Crippen LogP) is 2.02. The highest BCUT2D eigenvalue weighted by atomic mass is 16.2. The van der Waals surface area contributed by atoms with Gasteiger partial charge in [0, 0.05) is 56.8 Å². The number of rotatable bonds is 5. The average Bonchev–Trinajstić information content (AvgIpc) is 3.11. The fraction of sp³-hybridized carbons (Fsp3) is 0.348. The number of anilines is 2. The van der Waals surface area contributed by atoms with Gasteiger partial charge in [0.25, 0.3) is 5.91 Å². The monoisotopic (exact) mass is 406 g/mol. The minimum absolute atomic E-state index is 0.221. The molecule has 2 saturated heterocycles. The zero-order valence-electron chi connectivity index (χ0n) is 17.1. The van der Waals surface area contributed by atoms with E-state index in [0.717, 1.165) is 37.4 Å². The topological polar surface area (TPSA) is 73.0 Å². The Morgan fingerprint density at radius 2 is 1.63 bits per heavy atom. The van der Waals surface area contributed by atoms with Gasteiger partial charge in [0.2, 0.25) is 11.8 Å². The molecule has 0 atom stereocenters. The van der Waals surface area contributed by atoms with Crippen LogP contribution in [0.15, 0.2) is 48.5 Å². The van der Waals surface area contributed by atoms with Crippen LogP contribution in [0.4, 0.5) is 11.4 Å². The Kier molecular flexibility index (Phi) is 5.81. The van der Waals surface area contributed by atoms with Crippen LogP contribution in [0, 0.1) is 0 Å². The normalized spacial score (nSPS) is 17.5. The average molecular weight is 406 g/mol. The Balaban J connectivity index is 1.45. The third kappa shape index (κ3) is 4.21. The molecule has 30 heavy (non-hydrogen) atoms. The zero-order chi connectivity index (χ0) is 21.1. The molecule has 2 aromatic rings. The molecule has 2 fully saturated rings. The molecule has 4 rings (SSSR count). The van der Waals surface area contributed by atoms with Gasteiger partial charge in [-0.1, -0.05) is 24.3 Å². The van der Waals surface area contributed by atoms with Crippen molar-refractivity contribution in [3.05, 3.63) is 59.7 Å². The molecule has 0 spiro atoms. The second kappa shape index (κ2) is 8.67. The van der Waals surface area contributed by atoms with Crippen molar-refractivity contribution in [2.24, 2.45) is 0 Å². The van der Waals surface area contributed by atoms with Crippen LogP contribution in [0.2, 0.25) is 0 Å². The highest BCUT2D eigenvalue weighted by Crippen LogP contribution is 2.24. The summed E-state index contributed by atoms with van der Waals surface area (Å²) < 4.78 is 0. The molecule has 2 aliphatic heterocycles. The Morgan fingerprint density at radius 3 is 2.37 bits per heavy atom. The number of carbonyl (C=O) groups is 3. The molecule has 3 amide bonds. The number of benzene rings is 2. The van der Waals surface area contributed by atoms with Gasteiger partial charge in [0.1, 0.15) is 0 Å². The van der Waals surface area contributed by atoms with E-state index in [9.17, 15) is 14.4 Å². The Bertz CT molecular complexity index is 950. The summed E-state index contributed by atoms with van der Waals surface area (Å²) in [4.78, 5) is 42.6. The van der Waals surface area contributed by atoms with Crippen molar-refractivity contribution in [1.82, 2.24) is 10.2 Å². The van der Waals surface area contributed by atoms with Gasteiger partial charge in [0.05, 0.1) is 5.69 Å². The van der Waals surface area contributed by atoms with Crippen LogP contribution in [0.25, 0.3) is 0 Å². The van der Waals surface area contributed by atoms with E-state index in [4.69, 9.17) is 0 Å². The van der Waals surface area contributed by atoms with Crippen molar-refractivity contribution in [3.63, 3.8) is 0 Å². The van der Waals surface area contributed by atoms with E-state index in [1.807, 2.05) is 18.2 Å². The fourth-order valence-electron chi connectivity index (χ4n) is 3.94. The van der Waals surface area contributed by atoms with Crippen LogP contribution in [-0.4, -0.2) is 55.8 Å². The molecule has 7 nitrogen and oxygen atoms in total. The predicted molar refractivity (Wildman–Crippen MR) is 115 cm³/mol. The second-order valence-corrected chi connectivity index (χ2v) is 7.77. The quantitative estimate of drug-likeness (QED) is 0.770. The number of para-hydroxylation sites is 1. The molecule has 0 radical (unpaired) electrons. The molecule has 2 aliphatic rings. The van der Waals surface area contributed by atoms with Gasteiger partial charge in [0.15, 0.2) is 0 Å². The number of hydrogen-bond acceptors (Lipinski definition) is 5. The molecule has 7 heteroatoms. The molecule has 0 bridgehead atoms. The summed E-state index contributed by atoms with van der Waals surface area (Å²) in [6.45, 7) is 4.36. The summed E-state index contributed by atoms with van der Waals surface area (Å²) in [7, 11) is 2.13. The summed E-state index contributed by atoms with van der Waals surface area (Å²) in [5, 5.41) is 2.98. The lowest BCUT2D eigenvalue weighted by Crippen LogP contribution is -2.45. The van der Waals surface area contributed by atoms with Crippen molar-refractivity contribution < 1.29 is 14.4 Å². The first-order chi connectivity index (χ1) is 14.5. The molecular formula is C23H26N4O3. The van der Waals surface area contributed by atoms with E-state index < -0.39 is 0 Å². The Morgan fingerprint density at radius 1 is 0.933 bits per heavy atom. The zero-order valence-corrected chi connectivity index (χ0v) is 17.1. The fourth-order valence-corrected chi connectivity index (χ4v) is 3.94. The summed E-state index contributed by atoms with van der Waals surface area (Å²) >= 11 is 0. The maximum absolute atomic E-state index is 12.8. The largest absolute Gasteiger partial charge is 0.369 e. The van der Waals surface area contributed by atoms with Gasteiger partial charge in [-0.2, -0.15) is 0 Å². The minimum atomic E-state index is -0.232. The van der Waals surface area contributed by atoms with Crippen LogP contribution in [0.5, 0.6) is 0 Å². The third-order valence-electron chi connectivity index (χ3n) is 5.69. The van der Waals surface area contributed by atoms with Crippen molar-refractivity contribution >= 4 is 29.1 Å². The van der Waals surface area contributed by atoms with E-state index in [1.54, 1.807) is 24.3 Å². The number of carbonyl (C=O) groups excluding carboxylic acids is 3. The van der Waals surface area contributed by atoms with E-state index in [-0.39, 0.29) is 30.6 Å². The maximum Gasteiger partial charge on any atom is 0.251 e. The third-order valence-corrected chi connectivity index (χ3v) is 5.69. The van der Waals surface area contributed by atoms with Crippen LogP contribution in [0.1, 0.15) is 28.8 Å². The number of nitrogens with zero attached hydrogens (tertiary/aromatic N) is 3. The van der Waals surface area contributed by atoms with E-state index >= 15 is 0 Å². The van der Waals surface area contributed by atoms with E-state index in [2.05, 4.69) is 28.2 Å². The standard InChI is InChI=1S/C23H26N4O3/c1-25-11-13-26(14-12-25)20-8-3-2-5-18(20)16-24-23(30)17-6-4-7-19(15-17)27-21(28)9-10-22(27)29/h2-8,15H,9-14,16H2,1H3,(H,24,30). The summed E-state index contributed by atoms with van der Waals surface area (Å²) in [6, 6.07) is 14.8. The van der Waals surface area contributed by atoms with Gasteiger partial charge in [-0.3, -0.25) is 19.3 Å². The summed E-state index contributed by atoms with van der Waals surface area (Å²) in [5.41, 5.74) is 3.09. The molecule has 2 aromatic carbocycles. The van der Waals surface area contributed by atoms with E-state index in [1.165, 1.54) is 4.90 Å². The van der Waals surface area contributed by atoms with Crippen LogP contribution < -0.4 is 15.1 Å². The van der Waals surface area contributed by atoms with Crippen molar-refractivity contribution in [1.29, 1.82) is 0 Å². The highest BCUT2D eigenvalue weighted by molar-refractivity contribution is 6.20. The number of nitrogens with one attached hydrogen (secondary N) is 1. The number of hydrogen-bond donors (Lipinski definition) is 1. The molecule has 156 valence electrons. The van der Waals surface area contributed by atoms with Gasteiger partial charge in [-0.05, 0) is 36.9 Å². The lowest BCUT2D eigenvalue weighted by molar-refractivity contribution is -0.121. The first-order valence-corrected chi connectivity index (χ1v) is 10.3. The van der Waals surface area contributed by atoms with Crippen molar-refractivity contribution in [2.45, 2.75) is 19.4 Å². The SMILES string of the molecule is CN1CCN(c2ccccc2CNC(=O)c2cccc(N3C(=O)CCC3=O)c2)CC1. The Labute approximate surface area is 176 Å². The van der Waals surface area contributed by atoms with Gasteiger partial charge in [-0.25, -0.2) is 0 Å². The number of likely N-dealkylation sites (N-methyl/N-ethyl adjacent to an activating group) is 1. The lowest BCUT2D eigenvalue weighted by Gasteiger charge is -2.35. The van der Waals surface area contributed by atoms with Gasteiger partial charge in [-0.15, -0.1) is 0 Å². The van der Waals surface area contributed by atoms with Gasteiger partial charge >= 0.3 is 0 Å². The first kappa shape index (κ1) is 20.1. The first-order valence-electron chi connectivity index (χ1n) is 10.3. The summed E-state index contributed by atoms with van der Waals surface area (Å²) in [5.74, 6) is -0.679. The molecule has 0 saturated carbocycles. The molecular weight excluding hydrogens is 380 g/mol. The minimum Gasteiger partial charge on any atom is -0.369 e. The Hall–Kier alpha value is -3.19. The molecule has 0 unspecified atom stereocenters. The molecule has 0 aliphatic carbocycles. The van der Waals surface area contributed by atoms with Crippen molar-refractivity contribution in [2.75, 3.05) is 43.0 Å². The molecule has 2 heterocycles. The molecule has 1 N–H and O–H groups in total. The summed E-state index contributed by atoms with van der Waals surface area (Å²) in [6.07, 6.45) is 0.441. The van der Waals surface area contributed by atoms with Crippen LogP contribution >= 0.6 is 0 Å². The maximum atomic E-state index is 12.8. The lowest BCUT2D eigenvalue weighted by atomic mass is 10.1. The molecule has 0 aromatic heterocycles. The number of amides is 3. The van der Waals surface area contributed by atoms with E-state index in [0.29, 0.717) is 17.8 Å². The number of piperazine rings is 1. The van der Waals surface area contributed by atoms with Crippen LogP contribution in [0.3, 0.4) is 0 Å². The highest BCUT2D eigenvalue weighted by Gasteiger charge is 2.30. The van der Waals surface area contributed by atoms with Crippen molar-refractivity contribution in [3.8, 4) is 0 Å². The smallest absolute Gasteiger partial charge is 0.251 e. The second-order valence-electron chi connectivity index (χ2n) is 7.77. The van der Waals surface area contributed by atoms with Gasteiger partial charge < -0.3 is 15.1 Å². The van der Waals surface area contributed by atoms with Crippen LogP contribution in [-0.2, 0) is 16.1 Å².